The van der Waals surface area contributed by atoms with Gasteiger partial charge in [-0.05, 0) is 11.1 Å². The minimum atomic E-state index is -0.869. The first kappa shape index (κ1) is 29.6. The van der Waals surface area contributed by atoms with Gasteiger partial charge in [0, 0.05) is 39.0 Å². The number of carbonyl (C=O) groups is 2. The Kier molecular flexibility index (Phi) is 11.7. The van der Waals surface area contributed by atoms with Crippen LogP contribution in [-0.2, 0) is 16.5 Å². The summed E-state index contributed by atoms with van der Waals surface area (Å²) in [7, 11) is 0. The zero-order valence-corrected chi connectivity index (χ0v) is 22.4. The van der Waals surface area contributed by atoms with Crippen LogP contribution in [0.3, 0.4) is 0 Å². The van der Waals surface area contributed by atoms with Crippen molar-refractivity contribution in [3.63, 3.8) is 0 Å². The summed E-state index contributed by atoms with van der Waals surface area (Å²) >= 11 is 0. The molecule has 0 spiro atoms. The maximum Gasteiger partial charge on any atom is 0.168 e. The van der Waals surface area contributed by atoms with Crippen molar-refractivity contribution in [1.29, 1.82) is 0 Å². The molecule has 0 heterocycles. The van der Waals surface area contributed by atoms with Crippen LogP contribution in [0.25, 0.3) is 0 Å². The van der Waals surface area contributed by atoms with Crippen molar-refractivity contribution >= 4 is 23.0 Å². The van der Waals surface area contributed by atoms with Crippen LogP contribution in [0.15, 0.2) is 131 Å². The Bertz CT molecular complexity index is 1280. The second-order valence-corrected chi connectivity index (χ2v) is 8.89. The van der Waals surface area contributed by atoms with Gasteiger partial charge in [-0.2, -0.15) is 0 Å². The van der Waals surface area contributed by atoms with E-state index in [1.807, 2.05) is 97.1 Å². The van der Waals surface area contributed by atoms with E-state index in [2.05, 4.69) is 9.98 Å². The molecule has 4 rings (SSSR count). The molecular formula is C33H30N2NiO3. The summed E-state index contributed by atoms with van der Waals surface area (Å²) in [6, 6.07) is 37.3. The third-order valence-corrected chi connectivity index (χ3v) is 6.05. The molecule has 0 amide bonds. The number of carbonyl (C=O) groups excluding carboxylic acids is 2. The number of rotatable bonds is 12. The molecule has 1 N–H and O–H groups in total. The summed E-state index contributed by atoms with van der Waals surface area (Å²) in [5, 5.41) is 10.8. The predicted octanol–water partition coefficient (Wildman–Crippen LogP) is 5.87. The number of aliphatic hydroxyl groups excluding tert-OH is 1. The molecule has 200 valence electrons. The summed E-state index contributed by atoms with van der Waals surface area (Å²) in [4.78, 5) is 35.0. The van der Waals surface area contributed by atoms with Crippen molar-refractivity contribution in [2.24, 2.45) is 9.98 Å². The minimum absolute atomic E-state index is 0. The van der Waals surface area contributed by atoms with Crippen molar-refractivity contribution in [1.82, 2.24) is 0 Å². The summed E-state index contributed by atoms with van der Waals surface area (Å²) in [6.45, 7) is 0.176. The van der Waals surface area contributed by atoms with E-state index in [1.54, 1.807) is 24.3 Å². The smallest absolute Gasteiger partial charge is 0.168 e. The number of hydrogen-bond donors (Lipinski definition) is 1. The van der Waals surface area contributed by atoms with Gasteiger partial charge in [-0.25, -0.2) is 0 Å². The normalized spacial score (nSPS) is 12.3. The number of nitrogens with zero attached hydrogens (tertiary/aromatic N) is 2. The second-order valence-electron chi connectivity index (χ2n) is 8.89. The molecule has 0 atom stereocenters. The Morgan fingerprint density at radius 3 is 1.10 bits per heavy atom. The molecule has 39 heavy (non-hydrogen) atoms. The molecule has 0 saturated carbocycles. The van der Waals surface area contributed by atoms with Crippen LogP contribution in [-0.4, -0.2) is 47.3 Å². The van der Waals surface area contributed by atoms with E-state index in [4.69, 9.17) is 0 Å². The van der Waals surface area contributed by atoms with Gasteiger partial charge < -0.3 is 5.11 Å². The molecule has 0 fully saturated rings. The maximum atomic E-state index is 12.9. The molecule has 0 unspecified atom stereocenters. The standard InChI is InChI=1S/C33H30N2O3.Ni/c36-29(23-34-30(25-13-5-1-6-14-25)21-32(37)27-17-9-3-10-18-27)24-35-31(26-15-7-2-8-16-26)22-33(38)28-19-11-4-12-20-28;/h1-20,29,36H,21-24H2;. The van der Waals surface area contributed by atoms with Crippen LogP contribution >= 0.6 is 0 Å². The van der Waals surface area contributed by atoms with Crippen molar-refractivity contribution in [2.45, 2.75) is 18.9 Å². The van der Waals surface area contributed by atoms with Crippen LogP contribution < -0.4 is 0 Å². The van der Waals surface area contributed by atoms with Crippen molar-refractivity contribution < 1.29 is 31.2 Å². The molecule has 0 aromatic heterocycles. The Hall–Kier alpha value is -3.99. The topological polar surface area (TPSA) is 79.1 Å². The Balaban J connectivity index is 0.00000420. The summed E-state index contributed by atoms with van der Waals surface area (Å²) in [5.41, 5.74) is 4.15. The number of hydrogen-bond acceptors (Lipinski definition) is 5. The van der Waals surface area contributed by atoms with Crippen molar-refractivity contribution in [3.8, 4) is 0 Å². The van der Waals surface area contributed by atoms with Gasteiger partial charge in [0.25, 0.3) is 0 Å². The molecule has 0 radical (unpaired) electrons. The molecule has 5 nitrogen and oxygen atoms in total. The van der Waals surface area contributed by atoms with E-state index in [9.17, 15) is 14.7 Å². The number of Topliss-reactive ketones (excluding diaryl/α,β-unsaturated/α-hetero) is 2. The largest absolute Gasteiger partial charge is 0.389 e. The minimum Gasteiger partial charge on any atom is -0.389 e. The molecule has 4 aromatic carbocycles. The van der Waals surface area contributed by atoms with E-state index in [-0.39, 0.29) is 54.0 Å². The SMILES string of the molecule is O=C(CC(=NCC(O)CN=C(CC(=O)c1ccccc1)c1ccccc1)c1ccccc1)c1ccccc1.[Ni]. The third kappa shape index (κ3) is 9.06. The number of benzene rings is 4. The van der Waals surface area contributed by atoms with Crippen LogP contribution in [0.1, 0.15) is 44.7 Å². The zero-order chi connectivity index (χ0) is 26.6. The average molecular weight is 561 g/mol. The molecule has 0 saturated heterocycles. The molecule has 4 aromatic rings. The summed E-state index contributed by atoms with van der Waals surface area (Å²) in [5.74, 6) is -0.0713. The van der Waals surface area contributed by atoms with Gasteiger partial charge in [0.05, 0.1) is 32.0 Å². The van der Waals surface area contributed by atoms with Crippen molar-refractivity contribution in [2.75, 3.05) is 13.1 Å². The maximum absolute atomic E-state index is 12.9. The summed E-state index contributed by atoms with van der Waals surface area (Å²) in [6.07, 6.45) is -0.610. The second kappa shape index (κ2) is 15.4. The van der Waals surface area contributed by atoms with E-state index < -0.39 is 6.10 Å². The van der Waals surface area contributed by atoms with E-state index in [1.165, 1.54) is 0 Å². The molecule has 0 aliphatic rings. The molecule has 0 aliphatic carbocycles. The monoisotopic (exact) mass is 560 g/mol. The Morgan fingerprint density at radius 1 is 0.513 bits per heavy atom. The van der Waals surface area contributed by atoms with Crippen LogP contribution in [0.2, 0.25) is 0 Å². The first-order valence-electron chi connectivity index (χ1n) is 12.6. The quantitative estimate of drug-likeness (QED) is 0.134. The Morgan fingerprint density at radius 2 is 0.795 bits per heavy atom. The van der Waals surface area contributed by atoms with E-state index in [0.717, 1.165) is 11.1 Å². The van der Waals surface area contributed by atoms with Gasteiger partial charge in [-0.15, -0.1) is 0 Å². The van der Waals surface area contributed by atoms with Crippen molar-refractivity contribution in [3.05, 3.63) is 144 Å². The fourth-order valence-electron chi connectivity index (χ4n) is 4.00. The summed E-state index contributed by atoms with van der Waals surface area (Å²) < 4.78 is 0. The average Bonchev–Trinajstić information content (AvgIpc) is 2.99. The third-order valence-electron chi connectivity index (χ3n) is 6.05. The zero-order valence-electron chi connectivity index (χ0n) is 21.4. The first-order chi connectivity index (χ1) is 18.6. The predicted molar refractivity (Wildman–Crippen MR) is 152 cm³/mol. The van der Waals surface area contributed by atoms with Gasteiger partial charge in [-0.1, -0.05) is 121 Å². The van der Waals surface area contributed by atoms with Gasteiger partial charge in [0.15, 0.2) is 11.6 Å². The Labute approximate surface area is 239 Å². The van der Waals surface area contributed by atoms with Gasteiger partial charge >= 0.3 is 0 Å². The van der Waals surface area contributed by atoms with Gasteiger partial charge in [0.2, 0.25) is 0 Å². The number of ketones is 2. The fourth-order valence-corrected chi connectivity index (χ4v) is 4.00. The first-order valence-corrected chi connectivity index (χ1v) is 12.6. The number of aliphatic hydroxyl groups is 1. The van der Waals surface area contributed by atoms with E-state index >= 15 is 0 Å². The van der Waals surface area contributed by atoms with Gasteiger partial charge in [-0.3, -0.25) is 19.6 Å². The molecular weight excluding hydrogens is 531 g/mol. The van der Waals surface area contributed by atoms with Crippen LogP contribution in [0.4, 0.5) is 0 Å². The van der Waals surface area contributed by atoms with E-state index in [0.29, 0.717) is 22.6 Å². The number of aliphatic imine (C=N–C) groups is 2. The van der Waals surface area contributed by atoms with Crippen LogP contribution in [0, 0.1) is 0 Å². The molecule has 6 heteroatoms. The molecule has 0 bridgehead atoms. The fraction of sp³-hybridized carbons (Fsp3) is 0.152. The molecule has 0 aliphatic heterocycles. The van der Waals surface area contributed by atoms with Gasteiger partial charge in [0.1, 0.15) is 0 Å². The van der Waals surface area contributed by atoms with Crippen LogP contribution in [0.5, 0.6) is 0 Å².